The summed E-state index contributed by atoms with van der Waals surface area (Å²) in [4.78, 5) is 2.44. The number of ether oxygens (including phenoxy) is 4. The molecule has 0 saturated heterocycles. The van der Waals surface area contributed by atoms with Crippen LogP contribution in [0.4, 0.5) is 0 Å². The Bertz CT molecular complexity index is 1490. The maximum atomic E-state index is 6.38. The maximum absolute atomic E-state index is 6.38. The number of nitrogens with zero attached hydrogens (tertiary/aromatic N) is 3. The van der Waals surface area contributed by atoms with Gasteiger partial charge in [-0.3, -0.25) is 4.90 Å². The van der Waals surface area contributed by atoms with E-state index >= 15 is 0 Å². The second kappa shape index (κ2) is 15.6. The predicted molar refractivity (Wildman–Crippen MR) is 174 cm³/mol. The summed E-state index contributed by atoms with van der Waals surface area (Å²) < 4.78 is 23.9. The zero-order valence-corrected chi connectivity index (χ0v) is 26.6. The third-order valence-electron chi connectivity index (χ3n) is 7.54. The smallest absolute Gasteiger partial charge is 0.238 e. The summed E-state index contributed by atoms with van der Waals surface area (Å²) in [6, 6.07) is 25.0. The van der Waals surface area contributed by atoms with Crippen molar-refractivity contribution >= 4 is 0 Å². The number of unbranched alkanes of at least 4 members (excludes halogenated alkanes) is 1. The Kier molecular flexibility index (Phi) is 11.1. The minimum Gasteiger partial charge on any atom is -0.494 e. The molecule has 44 heavy (non-hydrogen) atoms. The SMILES string of the molecule is CCCCc1c(-c2ccccc2)nnc(OCC(C)C)c1CN(Cc1cccc(OCC)c1)Cc1ccc2c(c1)OCCO2. The molecule has 0 bridgehead atoms. The first-order chi connectivity index (χ1) is 21.5. The van der Waals surface area contributed by atoms with Crippen molar-refractivity contribution in [2.24, 2.45) is 5.92 Å². The van der Waals surface area contributed by atoms with Gasteiger partial charge in [0, 0.05) is 30.8 Å². The van der Waals surface area contributed by atoms with Crippen molar-refractivity contribution in [3.8, 4) is 34.4 Å². The molecule has 1 aliphatic heterocycles. The van der Waals surface area contributed by atoms with Crippen LogP contribution in [0, 0.1) is 5.92 Å². The first-order valence-corrected chi connectivity index (χ1v) is 15.9. The van der Waals surface area contributed by atoms with Gasteiger partial charge < -0.3 is 18.9 Å². The van der Waals surface area contributed by atoms with Gasteiger partial charge in [-0.05, 0) is 66.6 Å². The Morgan fingerprint density at radius 2 is 1.55 bits per heavy atom. The van der Waals surface area contributed by atoms with Crippen molar-refractivity contribution in [2.75, 3.05) is 26.4 Å². The number of fused-ring (bicyclic) bond motifs is 1. The molecule has 0 atom stereocenters. The van der Waals surface area contributed by atoms with Crippen LogP contribution in [0.1, 0.15) is 62.8 Å². The molecule has 0 fully saturated rings. The molecule has 0 saturated carbocycles. The van der Waals surface area contributed by atoms with Crippen LogP contribution in [0.25, 0.3) is 11.3 Å². The molecule has 7 nitrogen and oxygen atoms in total. The number of hydrogen-bond donors (Lipinski definition) is 0. The molecular weight excluding hydrogens is 550 g/mol. The lowest BCUT2D eigenvalue weighted by Crippen LogP contribution is -2.25. The third kappa shape index (κ3) is 8.29. The monoisotopic (exact) mass is 595 g/mol. The van der Waals surface area contributed by atoms with Crippen molar-refractivity contribution < 1.29 is 18.9 Å². The highest BCUT2D eigenvalue weighted by molar-refractivity contribution is 5.65. The van der Waals surface area contributed by atoms with E-state index in [1.807, 2.05) is 25.1 Å². The van der Waals surface area contributed by atoms with Crippen LogP contribution >= 0.6 is 0 Å². The molecule has 0 amide bonds. The van der Waals surface area contributed by atoms with E-state index in [4.69, 9.17) is 29.1 Å². The predicted octanol–water partition coefficient (Wildman–Crippen LogP) is 7.89. The average Bonchev–Trinajstić information content (AvgIpc) is 3.04. The van der Waals surface area contributed by atoms with Gasteiger partial charge in [0.1, 0.15) is 19.0 Å². The van der Waals surface area contributed by atoms with Gasteiger partial charge >= 0.3 is 0 Å². The van der Waals surface area contributed by atoms with Gasteiger partial charge in [-0.2, -0.15) is 0 Å². The summed E-state index contributed by atoms with van der Waals surface area (Å²) in [5, 5.41) is 9.46. The Hall–Kier alpha value is -4.10. The summed E-state index contributed by atoms with van der Waals surface area (Å²) in [6.45, 7) is 13.0. The summed E-state index contributed by atoms with van der Waals surface area (Å²) >= 11 is 0. The molecule has 7 heteroatoms. The molecule has 1 aromatic heterocycles. The van der Waals surface area contributed by atoms with Crippen molar-refractivity contribution in [2.45, 2.75) is 66.6 Å². The molecule has 3 aromatic carbocycles. The number of hydrogen-bond acceptors (Lipinski definition) is 7. The lowest BCUT2D eigenvalue weighted by molar-refractivity contribution is 0.170. The minimum absolute atomic E-state index is 0.368. The third-order valence-corrected chi connectivity index (χ3v) is 7.54. The zero-order valence-electron chi connectivity index (χ0n) is 26.6. The van der Waals surface area contributed by atoms with Crippen LogP contribution in [-0.4, -0.2) is 41.5 Å². The molecule has 0 N–H and O–H groups in total. The van der Waals surface area contributed by atoms with Crippen molar-refractivity contribution in [1.82, 2.24) is 15.1 Å². The van der Waals surface area contributed by atoms with E-state index in [0.29, 0.717) is 51.3 Å². The Morgan fingerprint density at radius 1 is 0.773 bits per heavy atom. The van der Waals surface area contributed by atoms with E-state index in [1.54, 1.807) is 0 Å². The first-order valence-electron chi connectivity index (χ1n) is 15.9. The second-order valence-electron chi connectivity index (χ2n) is 11.7. The van der Waals surface area contributed by atoms with E-state index in [9.17, 15) is 0 Å². The molecule has 2 heterocycles. The molecule has 1 aliphatic rings. The standard InChI is InChI=1S/C37H45N3O4/c1-5-7-16-32-33(37(44-26-27(3)4)39-38-36(32)30-13-9-8-10-14-30)25-40(23-28-12-11-15-31(21-28)41-6-2)24-29-17-18-34-35(22-29)43-20-19-42-34/h8-15,17-18,21-22,27H,5-7,16,19-20,23-26H2,1-4H3. The molecular formula is C37H45N3O4. The fourth-order valence-electron chi connectivity index (χ4n) is 5.46. The Morgan fingerprint density at radius 3 is 2.30 bits per heavy atom. The summed E-state index contributed by atoms with van der Waals surface area (Å²) in [7, 11) is 0. The number of aromatic nitrogens is 2. The molecule has 232 valence electrons. The van der Waals surface area contributed by atoms with Gasteiger partial charge in [0.15, 0.2) is 11.5 Å². The van der Waals surface area contributed by atoms with Crippen molar-refractivity contribution in [3.63, 3.8) is 0 Å². The van der Waals surface area contributed by atoms with Crippen LogP contribution in [0.3, 0.4) is 0 Å². The molecule has 0 spiro atoms. The van der Waals surface area contributed by atoms with Crippen LogP contribution in [0.5, 0.6) is 23.1 Å². The van der Waals surface area contributed by atoms with Crippen LogP contribution in [0.15, 0.2) is 72.8 Å². The van der Waals surface area contributed by atoms with E-state index in [-0.39, 0.29) is 0 Å². The van der Waals surface area contributed by atoms with E-state index < -0.39 is 0 Å². The highest BCUT2D eigenvalue weighted by Crippen LogP contribution is 2.34. The van der Waals surface area contributed by atoms with Crippen LogP contribution in [0.2, 0.25) is 0 Å². The lowest BCUT2D eigenvalue weighted by Gasteiger charge is -2.27. The van der Waals surface area contributed by atoms with Gasteiger partial charge in [-0.15, -0.1) is 10.2 Å². The van der Waals surface area contributed by atoms with Crippen molar-refractivity contribution in [3.05, 3.63) is 95.1 Å². The highest BCUT2D eigenvalue weighted by atomic mass is 16.6. The normalized spacial score (nSPS) is 12.5. The second-order valence-corrected chi connectivity index (χ2v) is 11.7. The molecule has 4 aromatic rings. The summed E-state index contributed by atoms with van der Waals surface area (Å²) in [6.07, 6.45) is 3.05. The highest BCUT2D eigenvalue weighted by Gasteiger charge is 2.23. The van der Waals surface area contributed by atoms with Gasteiger partial charge in [-0.1, -0.05) is 75.7 Å². The van der Waals surface area contributed by atoms with E-state index in [0.717, 1.165) is 65.4 Å². The fraction of sp³-hybridized carbons (Fsp3) is 0.405. The number of rotatable bonds is 15. The fourth-order valence-corrected chi connectivity index (χ4v) is 5.46. The van der Waals surface area contributed by atoms with Crippen molar-refractivity contribution in [1.29, 1.82) is 0 Å². The summed E-state index contributed by atoms with van der Waals surface area (Å²) in [5.41, 5.74) is 6.65. The minimum atomic E-state index is 0.368. The molecule has 0 radical (unpaired) electrons. The van der Waals surface area contributed by atoms with Gasteiger partial charge in [0.05, 0.1) is 18.9 Å². The molecule has 0 aliphatic carbocycles. The summed E-state index contributed by atoms with van der Waals surface area (Å²) in [5.74, 6) is 3.47. The lowest BCUT2D eigenvalue weighted by atomic mass is 9.96. The topological polar surface area (TPSA) is 65.9 Å². The van der Waals surface area contributed by atoms with E-state index in [2.05, 4.69) is 80.3 Å². The number of benzene rings is 3. The zero-order chi connectivity index (χ0) is 30.7. The first kappa shape index (κ1) is 31.3. The average molecular weight is 596 g/mol. The van der Waals surface area contributed by atoms with Gasteiger partial charge in [0.2, 0.25) is 5.88 Å². The maximum Gasteiger partial charge on any atom is 0.238 e. The quantitative estimate of drug-likeness (QED) is 0.138. The Labute approximate surface area is 262 Å². The largest absolute Gasteiger partial charge is 0.494 e. The Balaban J connectivity index is 1.56. The van der Waals surface area contributed by atoms with Crippen LogP contribution < -0.4 is 18.9 Å². The molecule has 0 unspecified atom stereocenters. The van der Waals surface area contributed by atoms with Crippen LogP contribution in [-0.2, 0) is 26.1 Å². The van der Waals surface area contributed by atoms with Gasteiger partial charge in [0.25, 0.3) is 0 Å². The van der Waals surface area contributed by atoms with E-state index in [1.165, 1.54) is 11.1 Å². The molecule has 5 rings (SSSR count). The van der Waals surface area contributed by atoms with Gasteiger partial charge in [-0.25, -0.2) is 0 Å².